The topological polar surface area (TPSA) is 53.9 Å². The molecule has 0 aliphatic carbocycles. The van der Waals surface area contributed by atoms with Gasteiger partial charge < -0.3 is 15.1 Å². The highest BCUT2D eigenvalue weighted by Gasteiger charge is 2.23. The molecule has 1 saturated heterocycles. The normalized spacial score (nSPS) is 15.8. The number of halogens is 1. The van der Waals surface area contributed by atoms with Crippen molar-refractivity contribution in [2.24, 2.45) is 0 Å². The van der Waals surface area contributed by atoms with E-state index in [1.54, 1.807) is 30.0 Å². The van der Waals surface area contributed by atoms with E-state index in [2.05, 4.69) is 5.32 Å². The molecule has 1 aromatic rings. The highest BCUT2D eigenvalue weighted by Crippen LogP contribution is 2.05. The lowest BCUT2D eigenvalue weighted by Gasteiger charge is -2.31. The van der Waals surface area contributed by atoms with Crippen LogP contribution in [0.1, 0.15) is 12.5 Å². The van der Waals surface area contributed by atoms with Gasteiger partial charge in [0, 0.05) is 19.0 Å². The average Bonchev–Trinajstić information content (AvgIpc) is 2.47. The molecular weight excluding hydrogens is 273 g/mol. The predicted octanol–water partition coefficient (Wildman–Crippen LogP) is -0.811. The van der Waals surface area contributed by atoms with Gasteiger partial charge in [-0.15, -0.1) is 0 Å². The average molecular weight is 294 g/mol. The number of hydrogen-bond acceptors (Lipinski definition) is 2. The minimum absolute atomic E-state index is 0.0815. The maximum Gasteiger partial charge on any atom is 0.275 e. The smallest absolute Gasteiger partial charge is 0.275 e. The van der Waals surface area contributed by atoms with E-state index in [0.29, 0.717) is 25.2 Å². The second-order valence-electron chi connectivity index (χ2n) is 5.30. The van der Waals surface area contributed by atoms with Crippen molar-refractivity contribution < 1.29 is 18.9 Å². The Balaban J connectivity index is 1.73. The van der Waals surface area contributed by atoms with Crippen LogP contribution in [0.25, 0.3) is 0 Å². The Morgan fingerprint density at radius 3 is 2.57 bits per heavy atom. The molecule has 2 N–H and O–H groups in total. The van der Waals surface area contributed by atoms with Crippen LogP contribution in [0, 0.1) is 5.82 Å². The van der Waals surface area contributed by atoms with E-state index in [-0.39, 0.29) is 24.2 Å². The van der Waals surface area contributed by atoms with E-state index in [0.717, 1.165) is 18.0 Å². The highest BCUT2D eigenvalue weighted by molar-refractivity contribution is 5.76. The molecule has 6 heteroatoms. The molecule has 21 heavy (non-hydrogen) atoms. The van der Waals surface area contributed by atoms with Gasteiger partial charge in [0.15, 0.2) is 6.54 Å². The first-order valence-electron chi connectivity index (χ1n) is 7.15. The zero-order valence-electron chi connectivity index (χ0n) is 12.2. The Morgan fingerprint density at radius 2 is 1.95 bits per heavy atom. The van der Waals surface area contributed by atoms with Crippen LogP contribution in [-0.2, 0) is 16.1 Å². The zero-order valence-corrected chi connectivity index (χ0v) is 12.2. The molecule has 0 saturated carbocycles. The Kier molecular flexibility index (Phi) is 5.27. The van der Waals surface area contributed by atoms with E-state index in [4.69, 9.17) is 0 Å². The van der Waals surface area contributed by atoms with Gasteiger partial charge in [0.2, 0.25) is 5.91 Å². The highest BCUT2D eigenvalue weighted by atomic mass is 19.1. The largest absolute Gasteiger partial charge is 0.347 e. The van der Waals surface area contributed by atoms with Gasteiger partial charge in [0.25, 0.3) is 5.91 Å². The first-order chi connectivity index (χ1) is 10.1. The van der Waals surface area contributed by atoms with Crippen LogP contribution in [0.15, 0.2) is 24.3 Å². The molecule has 1 aliphatic rings. The molecule has 1 aliphatic heterocycles. The van der Waals surface area contributed by atoms with Crippen LogP contribution < -0.4 is 10.2 Å². The number of quaternary nitrogens is 1. The van der Waals surface area contributed by atoms with Gasteiger partial charge in [-0.2, -0.15) is 0 Å². The fraction of sp³-hybridized carbons (Fsp3) is 0.467. The summed E-state index contributed by atoms with van der Waals surface area (Å²) in [5.41, 5.74) is 0.488. The molecule has 0 spiro atoms. The van der Waals surface area contributed by atoms with Gasteiger partial charge in [-0.3, -0.25) is 9.59 Å². The minimum atomic E-state index is -0.305. The maximum absolute atomic E-state index is 13.4. The van der Waals surface area contributed by atoms with Gasteiger partial charge in [-0.1, -0.05) is 18.2 Å². The summed E-state index contributed by atoms with van der Waals surface area (Å²) in [5.74, 6) is -0.317. The summed E-state index contributed by atoms with van der Waals surface area (Å²) in [7, 11) is 0. The molecular formula is C15H21FN3O2+. The Labute approximate surface area is 123 Å². The molecule has 5 nitrogen and oxygen atoms in total. The lowest BCUT2D eigenvalue weighted by Crippen LogP contribution is -3.15. The fourth-order valence-electron chi connectivity index (χ4n) is 2.44. The molecule has 0 bridgehead atoms. The molecule has 0 atom stereocenters. The van der Waals surface area contributed by atoms with Crippen molar-refractivity contribution in [1.82, 2.24) is 10.2 Å². The van der Waals surface area contributed by atoms with Gasteiger partial charge in [-0.05, 0) is 6.07 Å². The number of amides is 2. The van der Waals surface area contributed by atoms with Gasteiger partial charge in [0.1, 0.15) is 5.82 Å². The van der Waals surface area contributed by atoms with Gasteiger partial charge in [0.05, 0.1) is 26.2 Å². The molecule has 1 aromatic carbocycles. The summed E-state index contributed by atoms with van der Waals surface area (Å²) in [5, 5.41) is 2.74. The van der Waals surface area contributed by atoms with E-state index in [1.165, 1.54) is 6.07 Å². The van der Waals surface area contributed by atoms with E-state index >= 15 is 0 Å². The lowest BCUT2D eigenvalue weighted by atomic mass is 10.2. The van der Waals surface area contributed by atoms with E-state index in [9.17, 15) is 14.0 Å². The lowest BCUT2D eigenvalue weighted by molar-refractivity contribution is -0.896. The quantitative estimate of drug-likeness (QED) is 0.763. The molecule has 2 amide bonds. The molecule has 2 rings (SSSR count). The van der Waals surface area contributed by atoms with Crippen LogP contribution in [0.4, 0.5) is 4.39 Å². The first kappa shape index (κ1) is 15.4. The summed E-state index contributed by atoms with van der Waals surface area (Å²) in [6, 6.07) is 6.41. The summed E-state index contributed by atoms with van der Waals surface area (Å²) >= 11 is 0. The number of piperazine rings is 1. The van der Waals surface area contributed by atoms with Crippen molar-refractivity contribution in [2.75, 3.05) is 32.7 Å². The second kappa shape index (κ2) is 7.17. The molecule has 114 valence electrons. The molecule has 1 heterocycles. The van der Waals surface area contributed by atoms with Crippen molar-refractivity contribution in [3.8, 4) is 0 Å². The summed E-state index contributed by atoms with van der Waals surface area (Å²) in [4.78, 5) is 26.0. The van der Waals surface area contributed by atoms with Crippen LogP contribution >= 0.6 is 0 Å². The third-order valence-corrected chi connectivity index (χ3v) is 3.76. The van der Waals surface area contributed by atoms with Gasteiger partial charge in [-0.25, -0.2) is 4.39 Å². The van der Waals surface area contributed by atoms with Crippen molar-refractivity contribution >= 4 is 11.8 Å². The van der Waals surface area contributed by atoms with Crippen LogP contribution in [0.3, 0.4) is 0 Å². The first-order valence-corrected chi connectivity index (χ1v) is 7.15. The number of rotatable bonds is 4. The third kappa shape index (κ3) is 4.53. The SMILES string of the molecule is CC(=O)N1CC[NH+](CC(=O)NCc2ccccc2F)CC1. The van der Waals surface area contributed by atoms with Crippen molar-refractivity contribution in [2.45, 2.75) is 13.5 Å². The van der Waals surface area contributed by atoms with Gasteiger partial charge >= 0.3 is 0 Å². The van der Waals surface area contributed by atoms with Crippen LogP contribution in [0.5, 0.6) is 0 Å². The zero-order chi connectivity index (χ0) is 15.2. The summed E-state index contributed by atoms with van der Waals surface area (Å²) in [6.45, 7) is 5.04. The van der Waals surface area contributed by atoms with Crippen molar-refractivity contribution in [1.29, 1.82) is 0 Å². The van der Waals surface area contributed by atoms with Crippen LogP contribution in [-0.4, -0.2) is 49.4 Å². The molecule has 0 radical (unpaired) electrons. The van der Waals surface area contributed by atoms with Crippen molar-refractivity contribution in [3.63, 3.8) is 0 Å². The Bertz CT molecular complexity index is 513. The number of carbonyl (C=O) groups excluding carboxylic acids is 2. The number of hydrogen-bond donors (Lipinski definition) is 2. The number of benzene rings is 1. The fourth-order valence-corrected chi connectivity index (χ4v) is 2.44. The summed E-state index contributed by atoms with van der Waals surface area (Å²) < 4.78 is 13.4. The van der Waals surface area contributed by atoms with Crippen LogP contribution in [0.2, 0.25) is 0 Å². The third-order valence-electron chi connectivity index (χ3n) is 3.76. The Hall–Kier alpha value is -1.95. The molecule has 0 unspecified atom stereocenters. The second-order valence-corrected chi connectivity index (χ2v) is 5.30. The maximum atomic E-state index is 13.4. The monoisotopic (exact) mass is 294 g/mol. The standard InChI is InChI=1S/C15H20FN3O2/c1-12(20)19-8-6-18(7-9-19)11-15(21)17-10-13-4-2-3-5-14(13)16/h2-5H,6-11H2,1H3,(H,17,21)/p+1. The summed E-state index contributed by atoms with van der Waals surface area (Å²) in [6.07, 6.45) is 0. The molecule has 0 aromatic heterocycles. The number of nitrogens with zero attached hydrogens (tertiary/aromatic N) is 1. The van der Waals surface area contributed by atoms with E-state index in [1.807, 2.05) is 0 Å². The Morgan fingerprint density at radius 1 is 1.29 bits per heavy atom. The minimum Gasteiger partial charge on any atom is -0.347 e. The number of carbonyl (C=O) groups is 2. The number of nitrogens with one attached hydrogen (secondary N) is 2. The van der Waals surface area contributed by atoms with E-state index < -0.39 is 0 Å². The van der Waals surface area contributed by atoms with Crippen molar-refractivity contribution in [3.05, 3.63) is 35.6 Å². The predicted molar refractivity (Wildman–Crippen MR) is 76.1 cm³/mol. The molecule has 1 fully saturated rings.